The minimum Gasteiger partial charge on any atom is -0.481 e. The van der Waals surface area contributed by atoms with E-state index in [9.17, 15) is 9.59 Å². The molecule has 0 amide bonds. The van der Waals surface area contributed by atoms with Crippen LogP contribution in [0.2, 0.25) is 0 Å². The van der Waals surface area contributed by atoms with Gasteiger partial charge in [0.1, 0.15) is 6.29 Å². The van der Waals surface area contributed by atoms with E-state index in [1.807, 2.05) is 37.3 Å². The van der Waals surface area contributed by atoms with Gasteiger partial charge in [-0.1, -0.05) is 49.4 Å². The van der Waals surface area contributed by atoms with Crippen molar-refractivity contribution < 1.29 is 14.7 Å². The Balaban J connectivity index is 0.000000302. The van der Waals surface area contributed by atoms with Crippen molar-refractivity contribution in [2.75, 3.05) is 0 Å². The largest absolute Gasteiger partial charge is 0.481 e. The number of hydrogen-bond donors (Lipinski definition) is 1. The molecule has 1 aromatic rings. The molecule has 0 bridgehead atoms. The maximum atomic E-state index is 10.0. The Hall–Kier alpha value is -1.90. The van der Waals surface area contributed by atoms with Gasteiger partial charge in [-0.3, -0.25) is 9.59 Å². The summed E-state index contributed by atoms with van der Waals surface area (Å²) in [7, 11) is 0. The van der Waals surface area contributed by atoms with E-state index >= 15 is 0 Å². The molecular weight excluding hydrogens is 216 g/mol. The Morgan fingerprint density at radius 3 is 2.29 bits per heavy atom. The molecule has 92 valence electrons. The number of carboxylic acids is 1. The zero-order valence-corrected chi connectivity index (χ0v) is 10.0. The third kappa shape index (κ3) is 10.4. The lowest BCUT2D eigenvalue weighted by Crippen LogP contribution is -1.91. The number of hydrogen-bond acceptors (Lipinski definition) is 2. The molecule has 0 aliphatic carbocycles. The zero-order valence-electron chi connectivity index (χ0n) is 10.0. The van der Waals surface area contributed by atoms with Crippen molar-refractivity contribution in [1.29, 1.82) is 0 Å². The Labute approximate surface area is 102 Å². The SMILES string of the molecule is CC/C=C\CCC(=O)O.O=Cc1ccccc1. The van der Waals surface area contributed by atoms with Gasteiger partial charge in [0.05, 0.1) is 0 Å². The molecule has 0 atom stereocenters. The van der Waals surface area contributed by atoms with Crippen LogP contribution in [0.1, 0.15) is 36.5 Å². The van der Waals surface area contributed by atoms with Gasteiger partial charge in [0, 0.05) is 12.0 Å². The van der Waals surface area contributed by atoms with Crippen LogP contribution in [-0.4, -0.2) is 17.4 Å². The van der Waals surface area contributed by atoms with Crippen molar-refractivity contribution in [2.45, 2.75) is 26.2 Å². The minimum absolute atomic E-state index is 0.247. The van der Waals surface area contributed by atoms with Gasteiger partial charge in [0.25, 0.3) is 0 Å². The molecule has 0 unspecified atom stereocenters. The maximum Gasteiger partial charge on any atom is 0.303 e. The first-order chi connectivity index (χ1) is 8.20. The quantitative estimate of drug-likeness (QED) is 0.628. The van der Waals surface area contributed by atoms with E-state index in [2.05, 4.69) is 0 Å². The van der Waals surface area contributed by atoms with Gasteiger partial charge in [-0.05, 0) is 12.8 Å². The van der Waals surface area contributed by atoms with E-state index < -0.39 is 5.97 Å². The first-order valence-electron chi connectivity index (χ1n) is 5.57. The van der Waals surface area contributed by atoms with Crippen LogP contribution in [0.15, 0.2) is 42.5 Å². The molecular formula is C14H18O3. The fraction of sp³-hybridized carbons (Fsp3) is 0.286. The van der Waals surface area contributed by atoms with Crippen LogP contribution in [0.25, 0.3) is 0 Å². The monoisotopic (exact) mass is 234 g/mol. The molecule has 0 radical (unpaired) electrons. The number of aliphatic carboxylic acids is 1. The number of aldehydes is 1. The van der Waals surface area contributed by atoms with Crippen LogP contribution < -0.4 is 0 Å². The summed E-state index contributed by atoms with van der Waals surface area (Å²) in [5.74, 6) is -0.726. The predicted octanol–water partition coefficient (Wildman–Crippen LogP) is 3.32. The zero-order chi connectivity index (χ0) is 12.9. The topological polar surface area (TPSA) is 54.4 Å². The van der Waals surface area contributed by atoms with Crippen LogP contribution in [0, 0.1) is 0 Å². The molecule has 0 aliphatic heterocycles. The van der Waals surface area contributed by atoms with Gasteiger partial charge in [-0.2, -0.15) is 0 Å². The highest BCUT2D eigenvalue weighted by Gasteiger charge is 1.90. The van der Waals surface area contributed by atoms with Gasteiger partial charge in [0.15, 0.2) is 0 Å². The van der Waals surface area contributed by atoms with Crippen molar-refractivity contribution in [3.05, 3.63) is 48.0 Å². The lowest BCUT2D eigenvalue weighted by molar-refractivity contribution is -0.136. The van der Waals surface area contributed by atoms with Gasteiger partial charge in [-0.25, -0.2) is 0 Å². The number of carbonyl (C=O) groups is 2. The molecule has 17 heavy (non-hydrogen) atoms. The van der Waals surface area contributed by atoms with Crippen molar-refractivity contribution >= 4 is 12.3 Å². The molecule has 1 N–H and O–H groups in total. The molecule has 1 rings (SSSR count). The highest BCUT2D eigenvalue weighted by Crippen LogP contribution is 1.92. The molecule has 3 nitrogen and oxygen atoms in total. The molecule has 0 saturated heterocycles. The van der Waals surface area contributed by atoms with E-state index in [0.717, 1.165) is 18.3 Å². The fourth-order valence-electron chi connectivity index (χ4n) is 1.02. The van der Waals surface area contributed by atoms with Gasteiger partial charge in [0.2, 0.25) is 0 Å². The lowest BCUT2D eigenvalue weighted by Gasteiger charge is -1.85. The third-order valence-corrected chi connectivity index (χ3v) is 1.86. The van der Waals surface area contributed by atoms with Crippen LogP contribution in [-0.2, 0) is 4.79 Å². The summed E-state index contributed by atoms with van der Waals surface area (Å²) in [5.41, 5.74) is 0.729. The standard InChI is InChI=1S/C7H12O2.C7H6O/c1-2-3-4-5-6-7(8)9;8-6-7-4-2-1-3-5-7/h3-4H,2,5-6H2,1H3,(H,8,9);1-6H/b4-3-;. The summed E-state index contributed by atoms with van der Waals surface area (Å²) in [6.45, 7) is 2.03. The summed E-state index contributed by atoms with van der Waals surface area (Å²) in [4.78, 5) is 19.9. The second kappa shape index (κ2) is 10.6. The second-order valence-corrected chi connectivity index (χ2v) is 3.34. The van der Waals surface area contributed by atoms with Crippen LogP contribution in [0.4, 0.5) is 0 Å². The van der Waals surface area contributed by atoms with E-state index in [0.29, 0.717) is 6.42 Å². The summed E-state index contributed by atoms with van der Waals surface area (Å²) in [6.07, 6.45) is 6.59. The normalized spacial score (nSPS) is 9.47. The van der Waals surface area contributed by atoms with Crippen molar-refractivity contribution in [2.24, 2.45) is 0 Å². The maximum absolute atomic E-state index is 10.0. The van der Waals surface area contributed by atoms with Crippen LogP contribution in [0.5, 0.6) is 0 Å². The molecule has 0 saturated carbocycles. The van der Waals surface area contributed by atoms with Gasteiger partial charge >= 0.3 is 5.97 Å². The predicted molar refractivity (Wildman–Crippen MR) is 68.1 cm³/mol. The average molecular weight is 234 g/mol. The fourth-order valence-corrected chi connectivity index (χ4v) is 1.02. The van der Waals surface area contributed by atoms with Crippen LogP contribution >= 0.6 is 0 Å². The molecule has 0 aromatic heterocycles. The molecule has 0 spiro atoms. The Morgan fingerprint density at radius 1 is 1.24 bits per heavy atom. The van der Waals surface area contributed by atoms with Crippen LogP contribution in [0.3, 0.4) is 0 Å². The Kier molecular flexibility index (Phi) is 9.43. The Bertz CT molecular complexity index is 342. The molecule has 3 heteroatoms. The van der Waals surface area contributed by atoms with E-state index in [-0.39, 0.29) is 6.42 Å². The smallest absolute Gasteiger partial charge is 0.303 e. The van der Waals surface area contributed by atoms with Crippen molar-refractivity contribution in [1.82, 2.24) is 0 Å². The first-order valence-corrected chi connectivity index (χ1v) is 5.57. The van der Waals surface area contributed by atoms with Crippen molar-refractivity contribution in [3.63, 3.8) is 0 Å². The minimum atomic E-state index is -0.726. The molecule has 0 heterocycles. The number of carboxylic acid groups (broad SMARTS) is 1. The van der Waals surface area contributed by atoms with Crippen molar-refractivity contribution in [3.8, 4) is 0 Å². The first kappa shape index (κ1) is 15.1. The van der Waals surface area contributed by atoms with E-state index in [4.69, 9.17) is 5.11 Å². The van der Waals surface area contributed by atoms with E-state index in [1.165, 1.54) is 0 Å². The Morgan fingerprint density at radius 2 is 1.88 bits per heavy atom. The van der Waals surface area contributed by atoms with Gasteiger partial charge < -0.3 is 5.11 Å². The average Bonchev–Trinajstić information content (AvgIpc) is 2.36. The van der Waals surface area contributed by atoms with E-state index in [1.54, 1.807) is 12.1 Å². The number of benzene rings is 1. The summed E-state index contributed by atoms with van der Waals surface area (Å²) in [6, 6.07) is 9.10. The number of rotatable bonds is 5. The summed E-state index contributed by atoms with van der Waals surface area (Å²) < 4.78 is 0. The molecule has 0 aliphatic rings. The third-order valence-electron chi connectivity index (χ3n) is 1.86. The molecule has 1 aromatic carbocycles. The summed E-state index contributed by atoms with van der Waals surface area (Å²) in [5, 5.41) is 8.18. The van der Waals surface area contributed by atoms with Gasteiger partial charge in [-0.15, -0.1) is 0 Å². The summed E-state index contributed by atoms with van der Waals surface area (Å²) >= 11 is 0. The highest BCUT2D eigenvalue weighted by molar-refractivity contribution is 5.74. The lowest BCUT2D eigenvalue weighted by atomic mass is 10.2. The number of carbonyl (C=O) groups excluding carboxylic acids is 1. The highest BCUT2D eigenvalue weighted by atomic mass is 16.4. The second-order valence-electron chi connectivity index (χ2n) is 3.34. The number of allylic oxidation sites excluding steroid dienone is 2. The molecule has 0 fully saturated rings.